The number of likely N-dealkylation sites (tertiary alicyclic amines) is 1. The predicted molar refractivity (Wildman–Crippen MR) is 101 cm³/mol. The average molecular weight is 359 g/mol. The summed E-state index contributed by atoms with van der Waals surface area (Å²) in [6, 6.07) is 8.18. The molecule has 2 atom stereocenters. The first-order valence-electron chi connectivity index (χ1n) is 9.35. The zero-order valence-electron chi connectivity index (χ0n) is 14.9. The van der Waals surface area contributed by atoms with Crippen LogP contribution in [0, 0.1) is 5.41 Å². The second kappa shape index (κ2) is 7.04. The fourth-order valence-corrected chi connectivity index (χ4v) is 5.68. The van der Waals surface area contributed by atoms with Crippen molar-refractivity contribution in [2.75, 3.05) is 20.2 Å². The van der Waals surface area contributed by atoms with Gasteiger partial charge >= 0.3 is 0 Å². The van der Waals surface area contributed by atoms with E-state index >= 15 is 0 Å². The molecule has 2 fully saturated rings. The number of piperidine rings is 1. The number of carbonyl (C=O) groups excluding carboxylic acids is 1. The van der Waals surface area contributed by atoms with Crippen LogP contribution < -0.4 is 0 Å². The second-order valence-corrected chi connectivity index (χ2v) is 8.59. The number of fused-ring (bicyclic) bond motifs is 1. The van der Waals surface area contributed by atoms with Gasteiger partial charge in [0.1, 0.15) is 0 Å². The van der Waals surface area contributed by atoms with Crippen molar-refractivity contribution in [1.29, 1.82) is 0 Å². The van der Waals surface area contributed by atoms with Gasteiger partial charge in [-0.15, -0.1) is 11.3 Å². The number of benzene rings is 1. The lowest BCUT2D eigenvalue weighted by molar-refractivity contribution is -0.137. The topological polar surface area (TPSA) is 42.4 Å². The Hall–Kier alpha value is -1.46. The zero-order valence-corrected chi connectivity index (χ0v) is 15.7. The first kappa shape index (κ1) is 17.0. The molecule has 1 aliphatic heterocycles. The molecule has 1 aromatic heterocycles. The summed E-state index contributed by atoms with van der Waals surface area (Å²) in [5, 5.41) is 1.07. The normalized spacial score (nSPS) is 26.6. The fraction of sp³-hybridized carbons (Fsp3) is 0.600. The van der Waals surface area contributed by atoms with E-state index in [0.29, 0.717) is 12.5 Å². The number of ether oxygens (including phenoxy) is 1. The van der Waals surface area contributed by atoms with Gasteiger partial charge in [-0.05, 0) is 37.8 Å². The number of nitrogens with zero attached hydrogens (tertiary/aromatic N) is 2. The van der Waals surface area contributed by atoms with Crippen molar-refractivity contribution >= 4 is 27.5 Å². The maximum absolute atomic E-state index is 12.8. The van der Waals surface area contributed by atoms with Crippen molar-refractivity contribution in [1.82, 2.24) is 9.88 Å². The van der Waals surface area contributed by atoms with Crippen LogP contribution in [0.2, 0.25) is 0 Å². The molecule has 25 heavy (non-hydrogen) atoms. The van der Waals surface area contributed by atoms with Gasteiger partial charge in [0.25, 0.3) is 0 Å². The molecule has 1 aliphatic carbocycles. The minimum absolute atomic E-state index is 0.207. The molecule has 5 heteroatoms. The Labute approximate surface area is 153 Å². The molecule has 1 saturated heterocycles. The Balaban J connectivity index is 1.39. The Bertz CT molecular complexity index is 726. The summed E-state index contributed by atoms with van der Waals surface area (Å²) in [4.78, 5) is 19.5. The standard InChI is InChI=1S/C20H26N2O2S/c1-24-17-8-4-11-20(17)12-5-13-22(14-20)19(23)10-9-18-21-15-6-2-3-7-16(15)25-18/h2-3,6-7,17H,4-5,8-14H2,1H3/t17-,20+/m1/s1. The number of carbonyl (C=O) groups is 1. The van der Waals surface area contributed by atoms with Crippen LogP contribution in [0.3, 0.4) is 0 Å². The highest BCUT2D eigenvalue weighted by molar-refractivity contribution is 7.18. The third kappa shape index (κ3) is 3.32. The first-order chi connectivity index (χ1) is 12.2. The number of methoxy groups -OCH3 is 1. The number of aromatic nitrogens is 1. The van der Waals surface area contributed by atoms with Crippen LogP contribution in [0.25, 0.3) is 10.2 Å². The number of hydrogen-bond acceptors (Lipinski definition) is 4. The quantitative estimate of drug-likeness (QED) is 0.828. The summed E-state index contributed by atoms with van der Waals surface area (Å²) < 4.78 is 6.95. The summed E-state index contributed by atoms with van der Waals surface area (Å²) in [6.07, 6.45) is 7.51. The molecule has 0 N–H and O–H groups in total. The molecule has 134 valence electrons. The number of thiazole rings is 1. The van der Waals surface area contributed by atoms with E-state index < -0.39 is 0 Å². The van der Waals surface area contributed by atoms with Gasteiger partial charge in [-0.2, -0.15) is 0 Å². The van der Waals surface area contributed by atoms with Crippen molar-refractivity contribution in [3.63, 3.8) is 0 Å². The lowest BCUT2D eigenvalue weighted by Crippen LogP contribution is -2.49. The molecule has 1 spiro atoms. The molecule has 4 nitrogen and oxygen atoms in total. The maximum Gasteiger partial charge on any atom is 0.223 e. The van der Waals surface area contributed by atoms with Crippen molar-refractivity contribution in [3.8, 4) is 0 Å². The van der Waals surface area contributed by atoms with Gasteiger partial charge in [-0.25, -0.2) is 4.98 Å². The van der Waals surface area contributed by atoms with E-state index in [1.54, 1.807) is 11.3 Å². The molecule has 2 heterocycles. The van der Waals surface area contributed by atoms with Crippen molar-refractivity contribution in [3.05, 3.63) is 29.3 Å². The van der Waals surface area contributed by atoms with Crippen molar-refractivity contribution in [2.24, 2.45) is 5.41 Å². The number of rotatable bonds is 4. The third-order valence-electron chi connectivity index (χ3n) is 5.96. The van der Waals surface area contributed by atoms with E-state index in [1.807, 2.05) is 25.3 Å². The van der Waals surface area contributed by atoms with Crippen LogP contribution in [0.15, 0.2) is 24.3 Å². The SMILES string of the molecule is CO[C@@H]1CCC[C@@]12CCCN(C(=O)CCc1nc3ccccc3s1)C2. The highest BCUT2D eigenvalue weighted by Crippen LogP contribution is 2.46. The maximum atomic E-state index is 12.8. The van der Waals surface area contributed by atoms with Gasteiger partial charge in [0, 0.05) is 38.5 Å². The van der Waals surface area contributed by atoms with Gasteiger partial charge in [0.15, 0.2) is 0 Å². The molecule has 1 amide bonds. The predicted octanol–water partition coefficient (Wildman–Crippen LogP) is 4.04. The number of hydrogen-bond donors (Lipinski definition) is 0. The van der Waals surface area contributed by atoms with Crippen LogP contribution in [-0.4, -0.2) is 42.1 Å². The van der Waals surface area contributed by atoms with E-state index in [4.69, 9.17) is 4.74 Å². The zero-order chi connectivity index (χ0) is 17.3. The minimum atomic E-state index is 0.207. The molecule has 2 aliphatic rings. The van der Waals surface area contributed by atoms with Crippen molar-refractivity contribution < 1.29 is 9.53 Å². The smallest absolute Gasteiger partial charge is 0.223 e. The summed E-state index contributed by atoms with van der Waals surface area (Å²) in [5.41, 5.74) is 1.25. The molecule has 0 bridgehead atoms. The molecule has 1 saturated carbocycles. The molecule has 2 aromatic rings. The molecule has 0 radical (unpaired) electrons. The highest BCUT2D eigenvalue weighted by Gasteiger charge is 2.46. The number of amides is 1. The van der Waals surface area contributed by atoms with Gasteiger partial charge in [-0.1, -0.05) is 18.6 Å². The van der Waals surface area contributed by atoms with Gasteiger partial charge < -0.3 is 9.64 Å². The molecule has 4 rings (SSSR count). The van der Waals surface area contributed by atoms with E-state index in [2.05, 4.69) is 16.0 Å². The molecule has 0 unspecified atom stereocenters. The van der Waals surface area contributed by atoms with E-state index in [0.717, 1.165) is 42.9 Å². The molecular weight excluding hydrogens is 332 g/mol. The molecule has 1 aromatic carbocycles. The van der Waals surface area contributed by atoms with Crippen molar-refractivity contribution in [2.45, 2.75) is 51.0 Å². The average Bonchev–Trinajstić information content (AvgIpc) is 3.23. The summed E-state index contributed by atoms with van der Waals surface area (Å²) in [5.74, 6) is 0.278. The second-order valence-electron chi connectivity index (χ2n) is 7.47. The lowest BCUT2D eigenvalue weighted by atomic mass is 9.76. The van der Waals surface area contributed by atoms with Crippen LogP contribution in [0.1, 0.15) is 43.5 Å². The first-order valence-corrected chi connectivity index (χ1v) is 10.2. The third-order valence-corrected chi connectivity index (χ3v) is 7.06. The van der Waals surface area contributed by atoms with Crippen LogP contribution in [0.5, 0.6) is 0 Å². The van der Waals surface area contributed by atoms with Gasteiger partial charge in [0.2, 0.25) is 5.91 Å². The Morgan fingerprint density at radius 1 is 1.36 bits per heavy atom. The van der Waals surface area contributed by atoms with Crippen LogP contribution in [-0.2, 0) is 16.0 Å². The number of para-hydroxylation sites is 1. The lowest BCUT2D eigenvalue weighted by Gasteiger charge is -2.43. The van der Waals surface area contributed by atoms with E-state index in [-0.39, 0.29) is 11.3 Å². The highest BCUT2D eigenvalue weighted by atomic mass is 32.1. The summed E-state index contributed by atoms with van der Waals surface area (Å²) >= 11 is 1.71. The minimum Gasteiger partial charge on any atom is -0.381 e. The van der Waals surface area contributed by atoms with E-state index in [1.165, 1.54) is 24.0 Å². The van der Waals surface area contributed by atoms with Crippen LogP contribution in [0.4, 0.5) is 0 Å². The Morgan fingerprint density at radius 2 is 2.20 bits per heavy atom. The van der Waals surface area contributed by atoms with Gasteiger partial charge in [0.05, 0.1) is 21.3 Å². The largest absolute Gasteiger partial charge is 0.381 e. The number of aryl methyl sites for hydroxylation is 1. The fourth-order valence-electron chi connectivity index (χ4n) is 4.71. The Morgan fingerprint density at radius 3 is 3.04 bits per heavy atom. The van der Waals surface area contributed by atoms with Gasteiger partial charge in [-0.3, -0.25) is 4.79 Å². The summed E-state index contributed by atoms with van der Waals surface area (Å²) in [6.45, 7) is 1.78. The van der Waals surface area contributed by atoms with E-state index in [9.17, 15) is 4.79 Å². The summed E-state index contributed by atoms with van der Waals surface area (Å²) in [7, 11) is 1.83. The van der Waals surface area contributed by atoms with Crippen LogP contribution >= 0.6 is 11.3 Å². The monoisotopic (exact) mass is 358 g/mol. The Kier molecular flexibility index (Phi) is 4.78. The molecular formula is C20H26N2O2S.